The fourth-order valence-corrected chi connectivity index (χ4v) is 3.65. The molecule has 1 atom stereocenters. The van der Waals surface area contributed by atoms with Gasteiger partial charge in [0, 0.05) is 30.2 Å². The van der Waals surface area contributed by atoms with Crippen molar-refractivity contribution >= 4 is 22.4 Å². The van der Waals surface area contributed by atoms with Crippen LogP contribution >= 0.6 is 11.3 Å². The number of thiazole rings is 1. The van der Waals surface area contributed by atoms with Crippen molar-refractivity contribution in [3.8, 4) is 0 Å². The van der Waals surface area contributed by atoms with Gasteiger partial charge in [-0.1, -0.05) is 0 Å². The van der Waals surface area contributed by atoms with Crippen LogP contribution in [0.25, 0.3) is 0 Å². The van der Waals surface area contributed by atoms with Crippen molar-refractivity contribution in [2.75, 3.05) is 18.6 Å². The highest BCUT2D eigenvalue weighted by Gasteiger charge is 2.34. The molecule has 0 aromatic carbocycles. The number of H-pyrrole nitrogens is 1. The second-order valence-electron chi connectivity index (χ2n) is 5.11. The molecular weight excluding hydrogens is 288 g/mol. The summed E-state index contributed by atoms with van der Waals surface area (Å²) < 4.78 is 5.14. The number of aromatic nitrogens is 3. The molecule has 0 spiro atoms. The molecule has 112 valence electrons. The Kier molecular flexibility index (Phi) is 3.92. The molecular formula is C14H18N4O2S. The van der Waals surface area contributed by atoms with Crippen LogP contribution in [0.15, 0.2) is 12.4 Å². The molecule has 21 heavy (non-hydrogen) atoms. The Morgan fingerprint density at radius 2 is 2.48 bits per heavy atom. The predicted molar refractivity (Wildman–Crippen MR) is 80.5 cm³/mol. The van der Waals surface area contributed by atoms with Gasteiger partial charge in [-0.2, -0.15) is 5.10 Å². The largest absolute Gasteiger partial charge is 0.465 e. The number of hydrogen-bond donors (Lipinski definition) is 1. The zero-order chi connectivity index (χ0) is 14.8. The molecule has 0 bridgehead atoms. The molecule has 3 rings (SSSR count). The normalized spacial score (nSPS) is 16.8. The van der Waals surface area contributed by atoms with Gasteiger partial charge in [0.25, 0.3) is 0 Å². The number of nitrogens with zero attached hydrogens (tertiary/aromatic N) is 3. The standard InChI is InChI=1S/C14H18N4O2S/c1-3-20-13(19)10-4-5-11-12(10)17-14(21-11)18(2)8-9-6-15-16-7-9/h6-7,10H,3-5,8H2,1-2H3,(H,15,16). The van der Waals surface area contributed by atoms with Crippen molar-refractivity contribution < 1.29 is 9.53 Å². The molecule has 2 aromatic rings. The van der Waals surface area contributed by atoms with E-state index in [0.717, 1.165) is 35.8 Å². The van der Waals surface area contributed by atoms with E-state index in [-0.39, 0.29) is 11.9 Å². The summed E-state index contributed by atoms with van der Waals surface area (Å²) in [6.07, 6.45) is 5.41. The number of fused-ring (bicyclic) bond motifs is 1. The maximum absolute atomic E-state index is 12.0. The Balaban J connectivity index is 1.75. The van der Waals surface area contributed by atoms with E-state index in [0.29, 0.717) is 6.61 Å². The molecule has 0 saturated heterocycles. The topological polar surface area (TPSA) is 71.1 Å². The van der Waals surface area contributed by atoms with Crippen LogP contribution in [0.4, 0.5) is 5.13 Å². The highest BCUT2D eigenvalue weighted by Crippen LogP contribution is 2.40. The second kappa shape index (κ2) is 5.85. The molecule has 1 aliphatic carbocycles. The van der Waals surface area contributed by atoms with E-state index < -0.39 is 0 Å². The van der Waals surface area contributed by atoms with Crippen molar-refractivity contribution in [2.24, 2.45) is 0 Å². The first-order chi connectivity index (χ1) is 10.2. The molecule has 2 aromatic heterocycles. The van der Waals surface area contributed by atoms with Crippen LogP contribution in [-0.2, 0) is 22.5 Å². The highest BCUT2D eigenvalue weighted by atomic mass is 32.1. The molecule has 0 radical (unpaired) electrons. The molecule has 1 unspecified atom stereocenters. The van der Waals surface area contributed by atoms with Gasteiger partial charge >= 0.3 is 5.97 Å². The summed E-state index contributed by atoms with van der Waals surface area (Å²) in [6.45, 7) is 2.99. The Morgan fingerprint density at radius 1 is 1.62 bits per heavy atom. The Bertz CT molecular complexity index is 623. The van der Waals surface area contributed by atoms with Gasteiger partial charge in [0.15, 0.2) is 5.13 Å². The maximum atomic E-state index is 12.0. The lowest BCUT2D eigenvalue weighted by molar-refractivity contribution is -0.145. The minimum absolute atomic E-state index is 0.148. The first-order valence-corrected chi connectivity index (χ1v) is 7.85. The van der Waals surface area contributed by atoms with Crippen LogP contribution in [0.5, 0.6) is 0 Å². The average molecular weight is 306 g/mol. The maximum Gasteiger partial charge on any atom is 0.315 e. The van der Waals surface area contributed by atoms with Crippen LogP contribution in [0, 0.1) is 0 Å². The number of rotatable bonds is 5. The number of hydrogen-bond acceptors (Lipinski definition) is 6. The molecule has 7 heteroatoms. The quantitative estimate of drug-likeness (QED) is 0.857. The minimum Gasteiger partial charge on any atom is -0.465 e. The zero-order valence-corrected chi connectivity index (χ0v) is 12.9. The second-order valence-corrected chi connectivity index (χ2v) is 6.17. The van der Waals surface area contributed by atoms with E-state index in [2.05, 4.69) is 20.1 Å². The molecule has 0 saturated carbocycles. The molecule has 2 heterocycles. The fraction of sp³-hybridized carbons (Fsp3) is 0.500. The highest BCUT2D eigenvalue weighted by molar-refractivity contribution is 7.15. The van der Waals surface area contributed by atoms with Crippen molar-refractivity contribution in [3.05, 3.63) is 28.5 Å². The molecule has 1 aliphatic rings. The lowest BCUT2D eigenvalue weighted by atomic mass is 10.1. The predicted octanol–water partition coefficient (Wildman–Crippen LogP) is 2.10. The van der Waals surface area contributed by atoms with E-state index in [1.165, 1.54) is 4.88 Å². The number of esters is 1. The smallest absolute Gasteiger partial charge is 0.315 e. The third-order valence-corrected chi connectivity index (χ3v) is 4.82. The first-order valence-electron chi connectivity index (χ1n) is 7.04. The molecule has 0 aliphatic heterocycles. The lowest BCUT2D eigenvalue weighted by Gasteiger charge is -2.15. The number of carbonyl (C=O) groups excluding carboxylic acids is 1. The van der Waals surface area contributed by atoms with Crippen molar-refractivity contribution in [1.82, 2.24) is 15.2 Å². The van der Waals surface area contributed by atoms with Crippen molar-refractivity contribution in [3.63, 3.8) is 0 Å². The van der Waals surface area contributed by atoms with E-state index in [4.69, 9.17) is 4.74 Å². The van der Waals surface area contributed by atoms with E-state index in [1.54, 1.807) is 17.5 Å². The Labute approximate surface area is 127 Å². The summed E-state index contributed by atoms with van der Waals surface area (Å²) in [5.74, 6) is -0.335. The Hall–Kier alpha value is -1.89. The molecule has 1 N–H and O–H groups in total. The van der Waals surface area contributed by atoms with Crippen molar-refractivity contribution in [1.29, 1.82) is 0 Å². The summed E-state index contributed by atoms with van der Waals surface area (Å²) in [7, 11) is 2.00. The molecule has 6 nitrogen and oxygen atoms in total. The van der Waals surface area contributed by atoms with Gasteiger partial charge in [-0.25, -0.2) is 4.98 Å². The number of ether oxygens (including phenoxy) is 1. The van der Waals surface area contributed by atoms with Gasteiger partial charge in [-0.3, -0.25) is 9.89 Å². The summed E-state index contributed by atoms with van der Waals surface area (Å²) in [5.41, 5.74) is 2.02. The van der Waals surface area contributed by atoms with Gasteiger partial charge < -0.3 is 9.64 Å². The first kappa shape index (κ1) is 14.1. The third kappa shape index (κ3) is 2.78. The van der Waals surface area contributed by atoms with Crippen LogP contribution in [0.2, 0.25) is 0 Å². The third-order valence-electron chi connectivity index (χ3n) is 3.58. The minimum atomic E-state index is -0.188. The van der Waals surface area contributed by atoms with Crippen LogP contribution in [0.1, 0.15) is 35.4 Å². The van der Waals surface area contributed by atoms with Gasteiger partial charge in [-0.05, 0) is 19.8 Å². The Morgan fingerprint density at radius 3 is 3.19 bits per heavy atom. The number of aromatic amines is 1. The van der Waals surface area contributed by atoms with Gasteiger partial charge in [-0.15, -0.1) is 11.3 Å². The van der Waals surface area contributed by atoms with Gasteiger partial charge in [0.05, 0.1) is 18.5 Å². The molecule has 0 amide bonds. The fourth-order valence-electron chi connectivity index (χ4n) is 2.56. The van der Waals surface area contributed by atoms with Crippen LogP contribution in [-0.4, -0.2) is 34.8 Å². The van der Waals surface area contributed by atoms with Crippen LogP contribution < -0.4 is 4.90 Å². The lowest BCUT2D eigenvalue weighted by Crippen LogP contribution is -2.17. The number of anilines is 1. The summed E-state index contributed by atoms with van der Waals surface area (Å²) >= 11 is 1.67. The number of aryl methyl sites for hydroxylation is 1. The number of carbonyl (C=O) groups is 1. The monoisotopic (exact) mass is 306 g/mol. The van der Waals surface area contributed by atoms with E-state index in [1.807, 2.05) is 20.2 Å². The van der Waals surface area contributed by atoms with Gasteiger partial charge in [0.2, 0.25) is 0 Å². The van der Waals surface area contributed by atoms with E-state index >= 15 is 0 Å². The molecule has 0 fully saturated rings. The average Bonchev–Trinajstić information content (AvgIpc) is 3.14. The summed E-state index contributed by atoms with van der Waals surface area (Å²) in [4.78, 5) is 19.9. The van der Waals surface area contributed by atoms with E-state index in [9.17, 15) is 4.79 Å². The SMILES string of the molecule is CCOC(=O)C1CCc2sc(N(C)Cc3cn[nH]c3)nc21. The summed E-state index contributed by atoms with van der Waals surface area (Å²) in [5, 5.41) is 7.69. The summed E-state index contributed by atoms with van der Waals surface area (Å²) in [6, 6.07) is 0. The zero-order valence-electron chi connectivity index (χ0n) is 12.1. The van der Waals surface area contributed by atoms with Gasteiger partial charge in [0.1, 0.15) is 5.92 Å². The van der Waals surface area contributed by atoms with Crippen molar-refractivity contribution in [2.45, 2.75) is 32.2 Å². The van der Waals surface area contributed by atoms with Crippen LogP contribution in [0.3, 0.4) is 0 Å². The number of nitrogens with one attached hydrogen (secondary N) is 1.